The second-order valence-electron chi connectivity index (χ2n) is 7.42. The first kappa shape index (κ1) is 21.1. The minimum absolute atomic E-state index is 0.353. The second kappa shape index (κ2) is 10.9. The fraction of sp³-hybridized carbons (Fsp3) is 0.714. The third kappa shape index (κ3) is 6.86. The molecule has 0 radical (unpaired) electrons. The van der Waals surface area contributed by atoms with Crippen LogP contribution in [0.5, 0.6) is 5.75 Å². The Morgan fingerprint density at radius 3 is 2.58 bits per heavy atom. The molecule has 1 atom stereocenters. The minimum atomic E-state index is -1.17. The number of nitrogens with zero attached hydrogens (tertiary/aromatic N) is 1. The topological polar surface area (TPSA) is 41.9 Å². The molecule has 2 rings (SSSR count). The highest BCUT2D eigenvalue weighted by Crippen LogP contribution is 2.32. The standard InChI is InChI=1S/C21H34FNO3/c1-3-4-5-6-7-8-13-26-20-10-9-18(22)16-19(20)21(2,24)17-23-11-14-25-15-12-23/h9-10,16,24H,3-8,11-15,17H2,1-2H3. The first-order valence-corrected chi connectivity index (χ1v) is 9.98. The SMILES string of the molecule is CCCCCCCCOc1ccc(F)cc1C(C)(O)CN1CCOCC1. The van der Waals surface area contributed by atoms with Crippen LogP contribution in [0.3, 0.4) is 0 Å². The van der Waals surface area contributed by atoms with E-state index in [2.05, 4.69) is 11.8 Å². The minimum Gasteiger partial charge on any atom is -0.493 e. The smallest absolute Gasteiger partial charge is 0.125 e. The van der Waals surface area contributed by atoms with Crippen LogP contribution < -0.4 is 4.74 Å². The maximum atomic E-state index is 13.8. The van der Waals surface area contributed by atoms with E-state index in [0.29, 0.717) is 37.7 Å². The van der Waals surface area contributed by atoms with Gasteiger partial charge < -0.3 is 14.6 Å². The van der Waals surface area contributed by atoms with E-state index in [9.17, 15) is 9.50 Å². The van der Waals surface area contributed by atoms with Crippen LogP contribution in [-0.4, -0.2) is 49.5 Å². The van der Waals surface area contributed by atoms with Crippen molar-refractivity contribution in [1.82, 2.24) is 4.90 Å². The molecule has 0 aromatic heterocycles. The molecule has 1 aromatic rings. The number of aliphatic hydroxyl groups is 1. The molecule has 148 valence electrons. The Labute approximate surface area is 157 Å². The predicted octanol–water partition coefficient (Wildman–Crippen LogP) is 4.10. The molecule has 1 heterocycles. The summed E-state index contributed by atoms with van der Waals surface area (Å²) in [5.74, 6) is 0.229. The van der Waals surface area contributed by atoms with Gasteiger partial charge in [-0.1, -0.05) is 39.0 Å². The summed E-state index contributed by atoms with van der Waals surface area (Å²) in [6, 6.07) is 4.43. The van der Waals surface area contributed by atoms with Crippen LogP contribution in [0, 0.1) is 5.82 Å². The Hall–Kier alpha value is -1.17. The molecule has 5 heteroatoms. The molecule has 26 heavy (non-hydrogen) atoms. The summed E-state index contributed by atoms with van der Waals surface area (Å²) in [5.41, 5.74) is -0.648. The van der Waals surface area contributed by atoms with Crippen molar-refractivity contribution in [3.63, 3.8) is 0 Å². The van der Waals surface area contributed by atoms with E-state index in [1.807, 2.05) is 0 Å². The number of ether oxygens (including phenoxy) is 2. The largest absolute Gasteiger partial charge is 0.493 e. The van der Waals surface area contributed by atoms with Gasteiger partial charge in [-0.3, -0.25) is 4.90 Å². The van der Waals surface area contributed by atoms with Crippen molar-refractivity contribution < 1.29 is 19.0 Å². The van der Waals surface area contributed by atoms with Gasteiger partial charge in [0.1, 0.15) is 17.2 Å². The molecule has 1 N–H and O–H groups in total. The zero-order valence-electron chi connectivity index (χ0n) is 16.3. The molecule has 1 fully saturated rings. The highest BCUT2D eigenvalue weighted by molar-refractivity contribution is 5.38. The second-order valence-corrected chi connectivity index (χ2v) is 7.42. The fourth-order valence-electron chi connectivity index (χ4n) is 3.39. The summed E-state index contributed by atoms with van der Waals surface area (Å²) in [7, 11) is 0. The first-order chi connectivity index (χ1) is 12.5. The molecule has 1 aliphatic heterocycles. The Morgan fingerprint density at radius 2 is 1.85 bits per heavy atom. The van der Waals surface area contributed by atoms with Gasteiger partial charge in [-0.15, -0.1) is 0 Å². The molecule has 0 spiro atoms. The monoisotopic (exact) mass is 367 g/mol. The lowest BCUT2D eigenvalue weighted by atomic mass is 9.94. The van der Waals surface area contributed by atoms with E-state index in [-0.39, 0.29) is 5.82 Å². The van der Waals surface area contributed by atoms with Crippen molar-refractivity contribution in [3.05, 3.63) is 29.6 Å². The number of unbranched alkanes of at least 4 members (excludes halogenated alkanes) is 5. The lowest BCUT2D eigenvalue weighted by Crippen LogP contribution is -2.44. The fourth-order valence-corrected chi connectivity index (χ4v) is 3.39. The van der Waals surface area contributed by atoms with Gasteiger partial charge in [0.05, 0.1) is 19.8 Å². The lowest BCUT2D eigenvalue weighted by molar-refractivity contribution is -0.0266. The van der Waals surface area contributed by atoms with Crippen molar-refractivity contribution in [2.45, 2.75) is 58.0 Å². The number of rotatable bonds is 11. The summed E-state index contributed by atoms with van der Waals surface area (Å²) in [6.45, 7) is 7.86. The van der Waals surface area contributed by atoms with Gasteiger partial charge in [0, 0.05) is 25.2 Å². The number of hydrogen-bond acceptors (Lipinski definition) is 4. The van der Waals surface area contributed by atoms with E-state index in [1.165, 1.54) is 37.8 Å². The molecule has 0 amide bonds. The van der Waals surface area contributed by atoms with E-state index >= 15 is 0 Å². The molecule has 1 aliphatic rings. The normalized spacial score (nSPS) is 17.8. The van der Waals surface area contributed by atoms with E-state index < -0.39 is 5.60 Å². The number of morpholine rings is 1. The van der Waals surface area contributed by atoms with Gasteiger partial charge in [-0.25, -0.2) is 4.39 Å². The highest BCUT2D eigenvalue weighted by Gasteiger charge is 2.30. The molecule has 1 unspecified atom stereocenters. The summed E-state index contributed by atoms with van der Waals surface area (Å²) in [5, 5.41) is 11.0. The zero-order valence-corrected chi connectivity index (χ0v) is 16.3. The van der Waals surface area contributed by atoms with Crippen LogP contribution in [0.4, 0.5) is 4.39 Å². The molecule has 0 saturated carbocycles. The number of hydrogen-bond donors (Lipinski definition) is 1. The van der Waals surface area contributed by atoms with Crippen LogP contribution in [0.25, 0.3) is 0 Å². The Bertz CT molecular complexity index is 530. The van der Waals surface area contributed by atoms with Crippen molar-refractivity contribution in [3.8, 4) is 5.75 Å². The van der Waals surface area contributed by atoms with Crippen LogP contribution in [0.1, 0.15) is 57.9 Å². The molecule has 4 nitrogen and oxygen atoms in total. The molecular weight excluding hydrogens is 333 g/mol. The van der Waals surface area contributed by atoms with Crippen LogP contribution in [0.2, 0.25) is 0 Å². The first-order valence-electron chi connectivity index (χ1n) is 9.98. The maximum Gasteiger partial charge on any atom is 0.125 e. The van der Waals surface area contributed by atoms with Gasteiger partial charge >= 0.3 is 0 Å². The molecular formula is C21H34FNO3. The quantitative estimate of drug-likeness (QED) is 0.598. The highest BCUT2D eigenvalue weighted by atomic mass is 19.1. The van der Waals surface area contributed by atoms with E-state index in [1.54, 1.807) is 13.0 Å². The van der Waals surface area contributed by atoms with Gasteiger partial charge in [0.2, 0.25) is 0 Å². The molecule has 1 saturated heterocycles. The summed E-state index contributed by atoms with van der Waals surface area (Å²) < 4.78 is 25.1. The summed E-state index contributed by atoms with van der Waals surface area (Å²) in [4.78, 5) is 2.14. The Kier molecular flexibility index (Phi) is 8.82. The van der Waals surface area contributed by atoms with E-state index in [4.69, 9.17) is 9.47 Å². The molecule has 0 aliphatic carbocycles. The van der Waals surface area contributed by atoms with Gasteiger partial charge in [-0.2, -0.15) is 0 Å². The zero-order chi connectivity index (χ0) is 18.8. The van der Waals surface area contributed by atoms with E-state index in [0.717, 1.165) is 25.9 Å². The van der Waals surface area contributed by atoms with Crippen LogP contribution >= 0.6 is 0 Å². The Morgan fingerprint density at radius 1 is 1.15 bits per heavy atom. The van der Waals surface area contributed by atoms with Crippen molar-refractivity contribution in [1.29, 1.82) is 0 Å². The van der Waals surface area contributed by atoms with Gasteiger partial charge in [0.15, 0.2) is 0 Å². The third-order valence-corrected chi connectivity index (χ3v) is 4.91. The summed E-state index contributed by atoms with van der Waals surface area (Å²) >= 11 is 0. The average molecular weight is 368 g/mol. The van der Waals surface area contributed by atoms with Gasteiger partial charge in [0.25, 0.3) is 0 Å². The summed E-state index contributed by atoms with van der Waals surface area (Å²) in [6.07, 6.45) is 7.14. The number of β-amino-alcohol motifs (C(OH)–C–C–N with tert-alkyl or cyclic N) is 1. The number of halogens is 1. The van der Waals surface area contributed by atoms with Crippen molar-refractivity contribution in [2.75, 3.05) is 39.5 Å². The lowest BCUT2D eigenvalue weighted by Gasteiger charge is -2.34. The number of benzene rings is 1. The average Bonchev–Trinajstić information content (AvgIpc) is 2.62. The maximum absolute atomic E-state index is 13.8. The van der Waals surface area contributed by atoms with Crippen LogP contribution in [0.15, 0.2) is 18.2 Å². The Balaban J connectivity index is 1.92. The predicted molar refractivity (Wildman–Crippen MR) is 102 cm³/mol. The van der Waals surface area contributed by atoms with Crippen molar-refractivity contribution in [2.24, 2.45) is 0 Å². The van der Waals surface area contributed by atoms with Gasteiger partial charge in [-0.05, 0) is 31.5 Å². The van der Waals surface area contributed by atoms with Crippen LogP contribution in [-0.2, 0) is 10.3 Å². The third-order valence-electron chi connectivity index (χ3n) is 4.91. The molecule has 1 aromatic carbocycles. The van der Waals surface area contributed by atoms with Crippen molar-refractivity contribution >= 4 is 0 Å². The molecule has 0 bridgehead atoms.